The van der Waals surface area contributed by atoms with Crippen LogP contribution in [0.2, 0.25) is 0 Å². The van der Waals surface area contributed by atoms with Crippen molar-refractivity contribution in [3.8, 4) is 0 Å². The Kier molecular flexibility index (Phi) is 13.8. The summed E-state index contributed by atoms with van der Waals surface area (Å²) in [6.45, 7) is 20.1. The third kappa shape index (κ3) is 5.09. The van der Waals surface area contributed by atoms with Crippen LogP contribution in [0.25, 0.3) is 10.8 Å². The molecule has 0 saturated carbocycles. The fourth-order valence-electron chi connectivity index (χ4n) is 2.45. The van der Waals surface area contributed by atoms with E-state index in [0.717, 1.165) is 22.0 Å². The molecular formula is C22H37NO. The van der Waals surface area contributed by atoms with E-state index in [9.17, 15) is 4.79 Å². The first-order valence-electron chi connectivity index (χ1n) is 9.55. The van der Waals surface area contributed by atoms with E-state index < -0.39 is 0 Å². The second kappa shape index (κ2) is 13.6. The molecule has 2 nitrogen and oxygen atoms in total. The molecule has 2 heteroatoms. The molecule has 0 fully saturated rings. The minimum absolute atomic E-state index is 0.127. The number of benzene rings is 2. The normalized spacial score (nSPS) is 10.5. The van der Waals surface area contributed by atoms with Crippen LogP contribution in [-0.2, 0) is 0 Å². The number of hydrogen-bond donors (Lipinski definition) is 0. The Balaban J connectivity index is 0. The standard InChI is InChI=1S/C14H13NO.4C2H6/c1-9(2)15-12-8-4-6-10-5-3-7-11(13(10)12)14(15)16;4*1-2/h3-9H,1-2H3;4*1-2H3. The van der Waals surface area contributed by atoms with E-state index in [1.54, 1.807) is 0 Å². The number of hydrogen-bond acceptors (Lipinski definition) is 1. The third-order valence-corrected chi connectivity index (χ3v) is 3.11. The average Bonchev–Trinajstić information content (AvgIpc) is 2.96. The summed E-state index contributed by atoms with van der Waals surface area (Å²) in [5, 5.41) is 2.25. The zero-order valence-corrected chi connectivity index (χ0v) is 17.4. The summed E-state index contributed by atoms with van der Waals surface area (Å²) in [7, 11) is 0. The predicted molar refractivity (Wildman–Crippen MR) is 111 cm³/mol. The summed E-state index contributed by atoms with van der Waals surface area (Å²) in [6, 6.07) is 12.2. The maximum Gasteiger partial charge on any atom is 0.259 e. The van der Waals surface area contributed by atoms with Crippen molar-refractivity contribution >= 4 is 22.4 Å². The van der Waals surface area contributed by atoms with Crippen molar-refractivity contribution in [1.82, 2.24) is 0 Å². The van der Waals surface area contributed by atoms with Crippen LogP contribution < -0.4 is 4.90 Å². The van der Waals surface area contributed by atoms with E-state index in [4.69, 9.17) is 0 Å². The molecule has 2 aromatic carbocycles. The smallest absolute Gasteiger partial charge is 0.259 e. The van der Waals surface area contributed by atoms with Gasteiger partial charge < -0.3 is 4.90 Å². The summed E-state index contributed by atoms with van der Waals surface area (Å²) in [4.78, 5) is 14.1. The number of amides is 1. The average molecular weight is 332 g/mol. The molecule has 0 N–H and O–H groups in total. The van der Waals surface area contributed by atoms with Crippen molar-refractivity contribution in [2.75, 3.05) is 4.90 Å². The molecule has 136 valence electrons. The van der Waals surface area contributed by atoms with Crippen LogP contribution in [0.15, 0.2) is 36.4 Å². The lowest BCUT2D eigenvalue weighted by atomic mass is 10.1. The van der Waals surface area contributed by atoms with Gasteiger partial charge in [0.25, 0.3) is 5.91 Å². The van der Waals surface area contributed by atoms with Gasteiger partial charge in [0, 0.05) is 17.0 Å². The van der Waals surface area contributed by atoms with Crippen LogP contribution >= 0.6 is 0 Å². The lowest BCUT2D eigenvalue weighted by molar-refractivity contribution is 0.0987. The van der Waals surface area contributed by atoms with Gasteiger partial charge in [-0.3, -0.25) is 4.79 Å². The van der Waals surface area contributed by atoms with Crippen LogP contribution in [0.5, 0.6) is 0 Å². The maximum atomic E-state index is 12.2. The Morgan fingerprint density at radius 1 is 0.750 bits per heavy atom. The second-order valence-corrected chi connectivity index (χ2v) is 4.45. The summed E-state index contributed by atoms with van der Waals surface area (Å²) in [5.41, 5.74) is 1.88. The van der Waals surface area contributed by atoms with Gasteiger partial charge in [0.05, 0.1) is 5.69 Å². The molecule has 0 bridgehead atoms. The minimum Gasteiger partial charge on any atom is -0.305 e. The molecular weight excluding hydrogens is 294 g/mol. The Morgan fingerprint density at radius 2 is 1.21 bits per heavy atom. The van der Waals surface area contributed by atoms with E-state index in [0.29, 0.717) is 0 Å². The van der Waals surface area contributed by atoms with Crippen LogP contribution in [0, 0.1) is 0 Å². The molecule has 0 radical (unpaired) electrons. The van der Waals surface area contributed by atoms with Crippen molar-refractivity contribution < 1.29 is 4.79 Å². The van der Waals surface area contributed by atoms with E-state index in [1.807, 2.05) is 98.4 Å². The van der Waals surface area contributed by atoms with Gasteiger partial charge in [-0.25, -0.2) is 0 Å². The van der Waals surface area contributed by atoms with Crippen LogP contribution in [0.1, 0.15) is 79.6 Å². The third-order valence-electron chi connectivity index (χ3n) is 3.11. The molecule has 0 saturated heterocycles. The monoisotopic (exact) mass is 331 g/mol. The highest BCUT2D eigenvalue weighted by atomic mass is 16.2. The first-order valence-corrected chi connectivity index (χ1v) is 9.55. The van der Waals surface area contributed by atoms with Gasteiger partial charge in [0.2, 0.25) is 0 Å². The summed E-state index contributed by atoms with van der Waals surface area (Å²) < 4.78 is 0. The lowest BCUT2D eigenvalue weighted by Gasteiger charge is -2.21. The Labute approximate surface area is 149 Å². The van der Waals surface area contributed by atoms with Gasteiger partial charge in [-0.05, 0) is 31.4 Å². The van der Waals surface area contributed by atoms with Crippen LogP contribution in [0.4, 0.5) is 5.69 Å². The molecule has 0 atom stereocenters. The Hall–Kier alpha value is -1.83. The maximum absolute atomic E-state index is 12.2. The summed E-state index contributed by atoms with van der Waals surface area (Å²) >= 11 is 0. The largest absolute Gasteiger partial charge is 0.305 e. The molecule has 1 heterocycles. The molecule has 0 aliphatic carbocycles. The van der Waals surface area contributed by atoms with Gasteiger partial charge >= 0.3 is 0 Å². The first kappa shape index (κ1) is 24.4. The molecule has 1 aliphatic rings. The minimum atomic E-state index is 0.127. The van der Waals surface area contributed by atoms with Gasteiger partial charge in [0.15, 0.2) is 0 Å². The Bertz CT molecular complexity index is 582. The molecule has 24 heavy (non-hydrogen) atoms. The second-order valence-electron chi connectivity index (χ2n) is 4.45. The predicted octanol–water partition coefficient (Wildman–Crippen LogP) is 7.31. The van der Waals surface area contributed by atoms with Gasteiger partial charge in [-0.15, -0.1) is 0 Å². The van der Waals surface area contributed by atoms with E-state index in [1.165, 1.54) is 0 Å². The van der Waals surface area contributed by atoms with Crippen LogP contribution in [0.3, 0.4) is 0 Å². The highest BCUT2D eigenvalue weighted by molar-refractivity contribution is 6.25. The van der Waals surface area contributed by atoms with Crippen molar-refractivity contribution in [3.63, 3.8) is 0 Å². The topological polar surface area (TPSA) is 20.3 Å². The fourth-order valence-corrected chi connectivity index (χ4v) is 2.45. The van der Waals surface area contributed by atoms with E-state index in [-0.39, 0.29) is 11.9 Å². The lowest BCUT2D eigenvalue weighted by Crippen LogP contribution is -2.33. The molecule has 3 rings (SSSR count). The van der Waals surface area contributed by atoms with Crippen molar-refractivity contribution in [2.45, 2.75) is 75.3 Å². The van der Waals surface area contributed by atoms with Crippen LogP contribution in [-0.4, -0.2) is 11.9 Å². The number of carbonyl (C=O) groups is 1. The first-order chi connectivity index (χ1) is 11.7. The van der Waals surface area contributed by atoms with E-state index in [2.05, 4.69) is 12.1 Å². The fraction of sp³-hybridized carbons (Fsp3) is 0.500. The SMILES string of the molecule is CC.CC.CC.CC.CC(C)N1C(=O)c2cccc3cccc1c23. The molecule has 1 amide bonds. The van der Waals surface area contributed by atoms with Crippen molar-refractivity contribution in [2.24, 2.45) is 0 Å². The van der Waals surface area contributed by atoms with Gasteiger partial charge in [0.1, 0.15) is 0 Å². The highest BCUT2D eigenvalue weighted by Crippen LogP contribution is 2.38. The van der Waals surface area contributed by atoms with Gasteiger partial charge in [-0.2, -0.15) is 0 Å². The van der Waals surface area contributed by atoms with Crippen molar-refractivity contribution in [1.29, 1.82) is 0 Å². The van der Waals surface area contributed by atoms with E-state index >= 15 is 0 Å². The Morgan fingerprint density at radius 3 is 1.67 bits per heavy atom. The number of anilines is 1. The molecule has 0 spiro atoms. The highest BCUT2D eigenvalue weighted by Gasteiger charge is 2.30. The summed E-state index contributed by atoms with van der Waals surface area (Å²) in [6.07, 6.45) is 0. The molecule has 2 aromatic rings. The number of nitrogens with zero attached hydrogens (tertiary/aromatic N) is 1. The number of rotatable bonds is 1. The zero-order valence-electron chi connectivity index (χ0n) is 17.4. The summed E-state index contributed by atoms with van der Waals surface area (Å²) in [5.74, 6) is 0.127. The quantitative estimate of drug-likeness (QED) is 0.536. The van der Waals surface area contributed by atoms with Gasteiger partial charge in [-0.1, -0.05) is 79.7 Å². The number of carbonyl (C=O) groups excluding carboxylic acids is 1. The molecule has 0 aromatic heterocycles. The molecule has 0 unspecified atom stereocenters. The molecule has 1 aliphatic heterocycles. The zero-order chi connectivity index (χ0) is 19.3. The van der Waals surface area contributed by atoms with Crippen molar-refractivity contribution in [3.05, 3.63) is 42.0 Å².